The smallest absolute Gasteiger partial charge is 0.248 e. The fourth-order valence-electron chi connectivity index (χ4n) is 2.49. The number of amides is 1. The fourth-order valence-corrected chi connectivity index (χ4v) is 2.49. The number of hydrogen-bond donors (Lipinski definition) is 1. The highest BCUT2D eigenvalue weighted by Crippen LogP contribution is 2.28. The lowest BCUT2D eigenvalue weighted by atomic mass is 10.1. The number of benzene rings is 2. The Balaban J connectivity index is 1.65. The van der Waals surface area contributed by atoms with E-state index in [4.69, 9.17) is 9.47 Å². The maximum absolute atomic E-state index is 12.1. The Hall–Kier alpha value is -3.68. The van der Waals surface area contributed by atoms with Gasteiger partial charge in [0.05, 0.1) is 14.2 Å². The zero-order valence-electron chi connectivity index (χ0n) is 15.2. The Kier molecular flexibility index (Phi) is 5.46. The highest BCUT2D eigenvalue weighted by molar-refractivity contribution is 6.02. The van der Waals surface area contributed by atoms with E-state index in [1.165, 1.54) is 6.08 Å². The van der Waals surface area contributed by atoms with Gasteiger partial charge in [0, 0.05) is 24.4 Å². The summed E-state index contributed by atoms with van der Waals surface area (Å²) in [5.74, 6) is 1.66. The second kappa shape index (κ2) is 8.13. The molecule has 1 aromatic heterocycles. The normalized spacial score (nSPS) is 10.8. The SMILES string of the molecule is COc1ccc(/C=C/C(=O)Nc2ccc(-c3nnnn3C)cc2)cc1OC. The molecule has 1 heterocycles. The molecule has 0 bridgehead atoms. The van der Waals surface area contributed by atoms with Crippen molar-refractivity contribution in [3.63, 3.8) is 0 Å². The molecule has 8 nitrogen and oxygen atoms in total. The van der Waals surface area contributed by atoms with E-state index in [1.807, 2.05) is 18.2 Å². The maximum Gasteiger partial charge on any atom is 0.248 e. The van der Waals surface area contributed by atoms with Crippen LogP contribution in [0.2, 0.25) is 0 Å². The van der Waals surface area contributed by atoms with E-state index >= 15 is 0 Å². The molecule has 1 amide bonds. The quantitative estimate of drug-likeness (QED) is 0.675. The van der Waals surface area contributed by atoms with Gasteiger partial charge in [-0.15, -0.1) is 5.10 Å². The van der Waals surface area contributed by atoms with Crippen molar-refractivity contribution in [1.29, 1.82) is 0 Å². The molecular formula is C19H19N5O3. The monoisotopic (exact) mass is 365 g/mol. The first-order valence-corrected chi connectivity index (χ1v) is 8.14. The summed E-state index contributed by atoms with van der Waals surface area (Å²) in [7, 11) is 4.91. The molecule has 138 valence electrons. The number of ether oxygens (including phenoxy) is 2. The number of nitrogens with one attached hydrogen (secondary N) is 1. The molecule has 3 rings (SSSR count). The first kappa shape index (κ1) is 18.1. The third-order valence-electron chi connectivity index (χ3n) is 3.87. The predicted octanol–water partition coefficient (Wildman–Crippen LogP) is 2.55. The van der Waals surface area contributed by atoms with Crippen LogP contribution in [0.4, 0.5) is 5.69 Å². The topological polar surface area (TPSA) is 91.2 Å². The second-order valence-corrected chi connectivity index (χ2v) is 5.64. The second-order valence-electron chi connectivity index (χ2n) is 5.64. The molecule has 0 aliphatic heterocycles. The van der Waals surface area contributed by atoms with E-state index in [9.17, 15) is 4.79 Å². The minimum absolute atomic E-state index is 0.238. The van der Waals surface area contributed by atoms with Crippen LogP contribution in [0.25, 0.3) is 17.5 Å². The van der Waals surface area contributed by atoms with Gasteiger partial charge < -0.3 is 14.8 Å². The molecule has 0 fully saturated rings. The van der Waals surface area contributed by atoms with Crippen LogP contribution in [0.15, 0.2) is 48.5 Å². The summed E-state index contributed by atoms with van der Waals surface area (Å²) in [5.41, 5.74) is 2.37. The number of aryl methyl sites for hydroxylation is 1. The van der Waals surface area contributed by atoms with Crippen LogP contribution in [-0.4, -0.2) is 40.3 Å². The van der Waals surface area contributed by atoms with Gasteiger partial charge in [-0.25, -0.2) is 4.68 Å². The van der Waals surface area contributed by atoms with Crippen LogP contribution >= 0.6 is 0 Å². The van der Waals surface area contributed by atoms with Crippen LogP contribution in [0.3, 0.4) is 0 Å². The van der Waals surface area contributed by atoms with Crippen molar-refractivity contribution in [2.75, 3.05) is 19.5 Å². The minimum Gasteiger partial charge on any atom is -0.493 e. The number of nitrogens with zero attached hydrogens (tertiary/aromatic N) is 4. The van der Waals surface area contributed by atoms with E-state index in [0.717, 1.165) is 11.1 Å². The summed E-state index contributed by atoms with van der Waals surface area (Å²) >= 11 is 0. The molecule has 0 aliphatic rings. The number of rotatable bonds is 6. The Bertz CT molecular complexity index is 964. The highest BCUT2D eigenvalue weighted by atomic mass is 16.5. The Morgan fingerprint density at radius 3 is 2.44 bits per heavy atom. The van der Waals surface area contributed by atoms with Crippen LogP contribution < -0.4 is 14.8 Å². The van der Waals surface area contributed by atoms with Gasteiger partial charge in [0.2, 0.25) is 5.91 Å². The Labute approximate surface area is 156 Å². The third-order valence-corrected chi connectivity index (χ3v) is 3.87. The van der Waals surface area contributed by atoms with E-state index in [-0.39, 0.29) is 5.91 Å². The lowest BCUT2D eigenvalue weighted by molar-refractivity contribution is -0.111. The zero-order chi connectivity index (χ0) is 19.2. The van der Waals surface area contributed by atoms with Crippen LogP contribution in [-0.2, 0) is 11.8 Å². The summed E-state index contributed by atoms with van der Waals surface area (Å²) in [5, 5.41) is 14.2. The highest BCUT2D eigenvalue weighted by Gasteiger charge is 2.06. The number of carbonyl (C=O) groups is 1. The van der Waals surface area contributed by atoms with E-state index in [1.54, 1.807) is 56.3 Å². The van der Waals surface area contributed by atoms with Crippen molar-refractivity contribution < 1.29 is 14.3 Å². The molecule has 0 unspecified atom stereocenters. The first-order valence-electron chi connectivity index (χ1n) is 8.14. The predicted molar refractivity (Wildman–Crippen MR) is 101 cm³/mol. The number of carbonyl (C=O) groups excluding carboxylic acids is 1. The lowest BCUT2D eigenvalue weighted by Crippen LogP contribution is -2.07. The molecule has 0 spiro atoms. The summed E-state index contributed by atoms with van der Waals surface area (Å²) < 4.78 is 12.0. The number of methoxy groups -OCH3 is 2. The summed E-state index contributed by atoms with van der Waals surface area (Å²) in [4.78, 5) is 12.1. The fraction of sp³-hybridized carbons (Fsp3) is 0.158. The largest absolute Gasteiger partial charge is 0.493 e. The molecular weight excluding hydrogens is 346 g/mol. The van der Waals surface area contributed by atoms with Crippen molar-refractivity contribution in [1.82, 2.24) is 20.2 Å². The van der Waals surface area contributed by atoms with Crippen molar-refractivity contribution in [3.05, 3.63) is 54.1 Å². The molecule has 1 N–H and O–H groups in total. The average molecular weight is 365 g/mol. The van der Waals surface area contributed by atoms with E-state index in [0.29, 0.717) is 23.0 Å². The summed E-state index contributed by atoms with van der Waals surface area (Å²) in [6.07, 6.45) is 3.17. The molecule has 3 aromatic rings. The third kappa shape index (κ3) is 4.30. The van der Waals surface area contributed by atoms with Crippen LogP contribution in [0, 0.1) is 0 Å². The van der Waals surface area contributed by atoms with Gasteiger partial charge in [0.15, 0.2) is 17.3 Å². The van der Waals surface area contributed by atoms with Crippen molar-refractivity contribution in [3.8, 4) is 22.9 Å². The number of anilines is 1. The van der Waals surface area contributed by atoms with Gasteiger partial charge in [0.1, 0.15) is 0 Å². The van der Waals surface area contributed by atoms with E-state index in [2.05, 4.69) is 20.8 Å². The molecule has 0 radical (unpaired) electrons. The van der Waals surface area contributed by atoms with Gasteiger partial charge >= 0.3 is 0 Å². The average Bonchev–Trinajstić information content (AvgIpc) is 3.12. The number of hydrogen-bond acceptors (Lipinski definition) is 6. The Morgan fingerprint density at radius 1 is 1.07 bits per heavy atom. The maximum atomic E-state index is 12.1. The zero-order valence-corrected chi connectivity index (χ0v) is 15.2. The van der Waals surface area contributed by atoms with Crippen molar-refractivity contribution >= 4 is 17.7 Å². The van der Waals surface area contributed by atoms with E-state index < -0.39 is 0 Å². The van der Waals surface area contributed by atoms with Crippen molar-refractivity contribution in [2.24, 2.45) is 7.05 Å². The molecule has 27 heavy (non-hydrogen) atoms. The molecule has 0 atom stereocenters. The molecule has 0 aliphatic carbocycles. The molecule has 2 aromatic carbocycles. The Morgan fingerprint density at radius 2 is 1.81 bits per heavy atom. The summed E-state index contributed by atoms with van der Waals surface area (Å²) in [6, 6.07) is 12.7. The standard InChI is InChI=1S/C19H19N5O3/c1-24-19(21-22-23-24)14-6-8-15(9-7-14)20-18(25)11-5-13-4-10-16(26-2)17(12-13)27-3/h4-12H,1-3H3,(H,20,25)/b11-5+. The lowest BCUT2D eigenvalue weighted by Gasteiger charge is -2.07. The number of tetrazole rings is 1. The van der Waals surface area contributed by atoms with Gasteiger partial charge in [-0.2, -0.15) is 0 Å². The van der Waals surface area contributed by atoms with Gasteiger partial charge in [0.25, 0.3) is 0 Å². The summed E-state index contributed by atoms with van der Waals surface area (Å²) in [6.45, 7) is 0. The van der Waals surface area contributed by atoms with Crippen molar-refractivity contribution in [2.45, 2.75) is 0 Å². The minimum atomic E-state index is -0.238. The molecule has 8 heteroatoms. The molecule has 0 saturated carbocycles. The van der Waals surface area contributed by atoms with Gasteiger partial charge in [-0.3, -0.25) is 4.79 Å². The van der Waals surface area contributed by atoms with Gasteiger partial charge in [-0.05, 0) is 58.5 Å². The molecule has 0 saturated heterocycles. The number of aromatic nitrogens is 4. The van der Waals surface area contributed by atoms with Crippen LogP contribution in [0.1, 0.15) is 5.56 Å². The van der Waals surface area contributed by atoms with Gasteiger partial charge in [-0.1, -0.05) is 6.07 Å². The first-order chi connectivity index (χ1) is 13.1. The van der Waals surface area contributed by atoms with Crippen LogP contribution in [0.5, 0.6) is 11.5 Å².